The molecule has 1 saturated heterocycles. The number of thioether (sulfide) groups is 1. The van der Waals surface area contributed by atoms with Gasteiger partial charge in [0, 0.05) is 39.0 Å². The normalized spacial score (nSPS) is 13.8. The van der Waals surface area contributed by atoms with Gasteiger partial charge in [0.15, 0.2) is 5.16 Å². The molecule has 1 aromatic heterocycles. The van der Waals surface area contributed by atoms with Crippen LogP contribution in [0.25, 0.3) is 0 Å². The molecule has 1 aliphatic rings. The summed E-state index contributed by atoms with van der Waals surface area (Å²) in [4.78, 5) is 25.6. The summed E-state index contributed by atoms with van der Waals surface area (Å²) in [5.41, 5.74) is 1.20. The number of hydrogen-bond donors (Lipinski definition) is 1. The van der Waals surface area contributed by atoms with Crippen LogP contribution in [0, 0.1) is 0 Å². The maximum Gasteiger partial charge on any atom is 0.230 e. The summed E-state index contributed by atoms with van der Waals surface area (Å²) in [6.45, 7) is 5.12. The van der Waals surface area contributed by atoms with Crippen molar-refractivity contribution in [2.45, 2.75) is 50.7 Å². The summed E-state index contributed by atoms with van der Waals surface area (Å²) < 4.78 is 2.12. The van der Waals surface area contributed by atoms with Gasteiger partial charge in [0.2, 0.25) is 11.8 Å². The molecule has 1 N–H and O–H groups in total. The van der Waals surface area contributed by atoms with Gasteiger partial charge in [-0.1, -0.05) is 49.0 Å². The summed E-state index contributed by atoms with van der Waals surface area (Å²) in [5, 5.41) is 12.4. The number of aromatic nitrogens is 3. The number of carbonyl (C=O) groups is 2. The molecule has 29 heavy (non-hydrogen) atoms. The van der Waals surface area contributed by atoms with Crippen molar-refractivity contribution in [3.05, 3.63) is 41.7 Å². The molecule has 0 spiro atoms. The molecule has 0 bridgehead atoms. The highest BCUT2D eigenvalue weighted by atomic mass is 32.2. The molecule has 1 aliphatic heterocycles. The molecule has 8 heteroatoms. The van der Waals surface area contributed by atoms with Crippen LogP contribution in [0.2, 0.25) is 0 Å². The minimum absolute atomic E-state index is 0.0154. The largest absolute Gasteiger partial charge is 0.355 e. The predicted octanol–water partition coefficient (Wildman–Crippen LogP) is 2.50. The highest BCUT2D eigenvalue weighted by molar-refractivity contribution is 7.99. The SMILES string of the molecule is CCCn1c(Cc2ccccc2)nnc1SCC(=O)NCCCN1CCCC1=O. The quantitative estimate of drug-likeness (QED) is 0.451. The first-order valence-corrected chi connectivity index (χ1v) is 11.3. The molecule has 1 fully saturated rings. The molecule has 156 valence electrons. The van der Waals surface area contributed by atoms with Gasteiger partial charge in [0.05, 0.1) is 5.75 Å². The van der Waals surface area contributed by atoms with Gasteiger partial charge in [0.25, 0.3) is 0 Å². The van der Waals surface area contributed by atoms with E-state index in [0.29, 0.717) is 18.7 Å². The van der Waals surface area contributed by atoms with Crippen LogP contribution in [0.15, 0.2) is 35.5 Å². The fourth-order valence-corrected chi connectivity index (χ4v) is 4.22. The average Bonchev–Trinajstić information content (AvgIpc) is 3.31. The molecular weight excluding hydrogens is 386 g/mol. The fraction of sp³-hybridized carbons (Fsp3) is 0.524. The van der Waals surface area contributed by atoms with Crippen molar-refractivity contribution in [3.8, 4) is 0 Å². The highest BCUT2D eigenvalue weighted by Crippen LogP contribution is 2.19. The van der Waals surface area contributed by atoms with E-state index in [0.717, 1.165) is 56.3 Å². The van der Waals surface area contributed by atoms with E-state index in [1.807, 2.05) is 23.1 Å². The first kappa shape index (κ1) is 21.4. The van der Waals surface area contributed by atoms with Crippen LogP contribution in [0.1, 0.15) is 44.0 Å². The molecule has 7 nitrogen and oxygen atoms in total. The Morgan fingerprint density at radius 2 is 2.03 bits per heavy atom. The first-order valence-electron chi connectivity index (χ1n) is 10.3. The molecule has 3 rings (SSSR count). The van der Waals surface area contributed by atoms with E-state index in [4.69, 9.17) is 0 Å². The van der Waals surface area contributed by atoms with Crippen molar-refractivity contribution in [2.75, 3.05) is 25.4 Å². The van der Waals surface area contributed by atoms with E-state index >= 15 is 0 Å². The third-order valence-electron chi connectivity index (χ3n) is 4.88. The Morgan fingerprint density at radius 3 is 2.76 bits per heavy atom. The first-order chi connectivity index (χ1) is 14.2. The van der Waals surface area contributed by atoms with Crippen LogP contribution in [-0.4, -0.2) is 56.9 Å². The van der Waals surface area contributed by atoms with E-state index in [9.17, 15) is 9.59 Å². The molecule has 0 atom stereocenters. The molecule has 0 saturated carbocycles. The summed E-state index contributed by atoms with van der Waals surface area (Å²) >= 11 is 1.42. The van der Waals surface area contributed by atoms with Gasteiger partial charge in [-0.3, -0.25) is 9.59 Å². The van der Waals surface area contributed by atoms with Gasteiger partial charge in [-0.25, -0.2) is 0 Å². The zero-order chi connectivity index (χ0) is 20.5. The topological polar surface area (TPSA) is 80.1 Å². The Balaban J connectivity index is 1.45. The van der Waals surface area contributed by atoms with E-state index in [2.05, 4.69) is 39.1 Å². The van der Waals surface area contributed by atoms with Gasteiger partial charge in [-0.15, -0.1) is 10.2 Å². The van der Waals surface area contributed by atoms with E-state index in [1.165, 1.54) is 17.3 Å². The molecule has 2 amide bonds. The third kappa shape index (κ3) is 6.32. The van der Waals surface area contributed by atoms with Crippen LogP contribution in [-0.2, 0) is 22.6 Å². The molecule has 1 aromatic carbocycles. The highest BCUT2D eigenvalue weighted by Gasteiger charge is 2.19. The number of amides is 2. The Bertz CT molecular complexity index is 809. The van der Waals surface area contributed by atoms with E-state index in [1.54, 1.807) is 0 Å². The van der Waals surface area contributed by atoms with Crippen LogP contribution in [0.4, 0.5) is 0 Å². The van der Waals surface area contributed by atoms with Crippen LogP contribution in [0.5, 0.6) is 0 Å². The van der Waals surface area contributed by atoms with Crippen LogP contribution >= 0.6 is 11.8 Å². The Hall–Kier alpha value is -2.35. The molecule has 2 heterocycles. The number of hydrogen-bond acceptors (Lipinski definition) is 5. The lowest BCUT2D eigenvalue weighted by molar-refractivity contribution is -0.127. The van der Waals surface area contributed by atoms with Crippen molar-refractivity contribution in [2.24, 2.45) is 0 Å². The number of carbonyl (C=O) groups excluding carboxylic acids is 2. The van der Waals surface area contributed by atoms with Gasteiger partial charge in [-0.2, -0.15) is 0 Å². The van der Waals surface area contributed by atoms with Crippen molar-refractivity contribution in [1.29, 1.82) is 0 Å². The maximum absolute atomic E-state index is 12.2. The smallest absolute Gasteiger partial charge is 0.230 e. The minimum Gasteiger partial charge on any atom is -0.355 e. The predicted molar refractivity (Wildman–Crippen MR) is 114 cm³/mol. The van der Waals surface area contributed by atoms with E-state index < -0.39 is 0 Å². The summed E-state index contributed by atoms with van der Waals surface area (Å²) in [7, 11) is 0. The van der Waals surface area contributed by atoms with E-state index in [-0.39, 0.29) is 11.8 Å². The lowest BCUT2D eigenvalue weighted by atomic mass is 10.1. The monoisotopic (exact) mass is 415 g/mol. The summed E-state index contributed by atoms with van der Waals surface area (Å²) in [6, 6.07) is 10.2. The second kappa shape index (κ2) is 11.0. The number of nitrogens with one attached hydrogen (secondary N) is 1. The summed E-state index contributed by atoms with van der Waals surface area (Å²) in [6.07, 6.45) is 4.11. The van der Waals surface area contributed by atoms with Crippen LogP contribution < -0.4 is 5.32 Å². The number of rotatable bonds is 11. The zero-order valence-electron chi connectivity index (χ0n) is 17.0. The molecule has 2 aromatic rings. The van der Waals surface area contributed by atoms with Crippen molar-refractivity contribution in [3.63, 3.8) is 0 Å². The lowest BCUT2D eigenvalue weighted by Crippen LogP contribution is -2.31. The molecule has 0 unspecified atom stereocenters. The molecule has 0 radical (unpaired) electrons. The fourth-order valence-electron chi connectivity index (χ4n) is 3.40. The zero-order valence-corrected chi connectivity index (χ0v) is 17.8. The molecule has 0 aliphatic carbocycles. The van der Waals surface area contributed by atoms with Crippen molar-refractivity contribution >= 4 is 23.6 Å². The van der Waals surface area contributed by atoms with Crippen molar-refractivity contribution < 1.29 is 9.59 Å². The second-order valence-corrected chi connectivity index (χ2v) is 8.13. The average molecular weight is 416 g/mol. The van der Waals surface area contributed by atoms with Crippen LogP contribution in [0.3, 0.4) is 0 Å². The standard InChI is InChI=1S/C21H29N5O2S/c1-2-12-26-18(15-17-8-4-3-5-9-17)23-24-21(26)29-16-19(27)22-11-7-14-25-13-6-10-20(25)28/h3-5,8-9H,2,6-7,10-16H2,1H3,(H,22,27). The van der Waals surface area contributed by atoms with Crippen molar-refractivity contribution in [1.82, 2.24) is 25.0 Å². The molecular formula is C21H29N5O2S. The Kier molecular flexibility index (Phi) is 8.10. The summed E-state index contributed by atoms with van der Waals surface area (Å²) in [5.74, 6) is 1.46. The van der Waals surface area contributed by atoms with Gasteiger partial charge in [-0.05, 0) is 24.8 Å². The Morgan fingerprint density at radius 1 is 1.21 bits per heavy atom. The number of likely N-dealkylation sites (tertiary alicyclic amines) is 1. The lowest BCUT2D eigenvalue weighted by Gasteiger charge is -2.15. The maximum atomic E-state index is 12.2. The third-order valence-corrected chi connectivity index (χ3v) is 5.84. The minimum atomic E-state index is -0.0154. The van der Waals surface area contributed by atoms with Gasteiger partial charge in [0.1, 0.15) is 5.82 Å². The van der Waals surface area contributed by atoms with Gasteiger partial charge >= 0.3 is 0 Å². The number of benzene rings is 1. The van der Waals surface area contributed by atoms with Gasteiger partial charge < -0.3 is 14.8 Å². The Labute approximate surface area is 176 Å². The number of nitrogens with zero attached hydrogens (tertiary/aromatic N) is 4. The second-order valence-electron chi connectivity index (χ2n) is 7.19.